The topological polar surface area (TPSA) is 29.9 Å². The number of hydrogen-bond acceptors (Lipinski definition) is 2. The Kier molecular flexibility index (Phi) is 2.48. The van der Waals surface area contributed by atoms with E-state index >= 15 is 0 Å². The Morgan fingerprint density at radius 2 is 2.31 bits per heavy atom. The van der Waals surface area contributed by atoms with Gasteiger partial charge in [-0.2, -0.15) is 0 Å². The third-order valence-electron chi connectivity index (χ3n) is 2.97. The monoisotopic (exact) mass is 279 g/mol. The Balaban J connectivity index is 2.20. The van der Waals surface area contributed by atoms with E-state index in [1.54, 1.807) is 0 Å². The average molecular weight is 280 g/mol. The minimum Gasteiger partial charge on any atom is -0.324 e. The van der Waals surface area contributed by atoms with Crippen molar-refractivity contribution >= 4 is 27.0 Å². The fourth-order valence-corrected chi connectivity index (χ4v) is 2.49. The lowest BCUT2D eigenvalue weighted by Crippen LogP contribution is -2.11. The van der Waals surface area contributed by atoms with Crippen molar-refractivity contribution in [3.05, 3.63) is 28.5 Å². The van der Waals surface area contributed by atoms with Crippen LogP contribution in [0.4, 0.5) is 0 Å². The van der Waals surface area contributed by atoms with Gasteiger partial charge >= 0.3 is 0 Å². The van der Waals surface area contributed by atoms with Crippen LogP contribution in [0.2, 0.25) is 0 Å². The molecule has 1 aromatic heterocycles. The molecule has 0 atom stereocenters. The second-order valence-corrected chi connectivity index (χ2v) is 5.21. The van der Waals surface area contributed by atoms with Gasteiger partial charge in [0.2, 0.25) is 0 Å². The molecule has 0 unspecified atom stereocenters. The predicted octanol–water partition coefficient (Wildman–Crippen LogP) is 2.85. The van der Waals surface area contributed by atoms with Gasteiger partial charge < -0.3 is 9.88 Å². The van der Waals surface area contributed by atoms with Crippen molar-refractivity contribution in [2.75, 3.05) is 7.05 Å². The number of hydrogen-bond donors (Lipinski definition) is 1. The van der Waals surface area contributed by atoms with Crippen molar-refractivity contribution in [3.8, 4) is 0 Å². The number of aromatic nitrogens is 2. The zero-order valence-electron chi connectivity index (χ0n) is 9.20. The molecule has 0 spiro atoms. The number of nitrogens with one attached hydrogen (secondary N) is 1. The minimum atomic E-state index is 0.675. The van der Waals surface area contributed by atoms with Crippen LogP contribution < -0.4 is 5.32 Å². The molecule has 0 aliphatic heterocycles. The molecule has 0 amide bonds. The lowest BCUT2D eigenvalue weighted by molar-refractivity contribution is 0.659. The van der Waals surface area contributed by atoms with Gasteiger partial charge in [-0.15, -0.1) is 0 Å². The van der Waals surface area contributed by atoms with Crippen molar-refractivity contribution in [2.24, 2.45) is 0 Å². The summed E-state index contributed by atoms with van der Waals surface area (Å²) in [6.45, 7) is 0.836. The lowest BCUT2D eigenvalue weighted by Gasteiger charge is -2.06. The Morgan fingerprint density at radius 1 is 1.50 bits per heavy atom. The molecule has 1 N–H and O–H groups in total. The molecule has 0 radical (unpaired) electrons. The van der Waals surface area contributed by atoms with E-state index in [0.717, 1.165) is 22.4 Å². The van der Waals surface area contributed by atoms with Gasteiger partial charge in [-0.3, -0.25) is 0 Å². The van der Waals surface area contributed by atoms with Gasteiger partial charge in [0.25, 0.3) is 0 Å². The molecule has 1 aromatic carbocycles. The number of imidazole rings is 1. The average Bonchev–Trinajstić information content (AvgIpc) is 3.02. The summed E-state index contributed by atoms with van der Waals surface area (Å²) in [5.41, 5.74) is 2.35. The van der Waals surface area contributed by atoms with E-state index in [-0.39, 0.29) is 0 Å². The van der Waals surface area contributed by atoms with Crippen LogP contribution in [0.3, 0.4) is 0 Å². The van der Waals surface area contributed by atoms with Crippen LogP contribution in [0.15, 0.2) is 22.7 Å². The predicted molar refractivity (Wildman–Crippen MR) is 68.5 cm³/mol. The quantitative estimate of drug-likeness (QED) is 0.937. The molecule has 1 fully saturated rings. The molecule has 1 heterocycles. The number of halogens is 1. The summed E-state index contributed by atoms with van der Waals surface area (Å²) in [7, 11) is 1.96. The van der Waals surface area contributed by atoms with E-state index in [1.165, 1.54) is 18.4 Å². The van der Waals surface area contributed by atoms with Crippen LogP contribution in [-0.4, -0.2) is 16.6 Å². The van der Waals surface area contributed by atoms with E-state index in [1.807, 2.05) is 7.05 Å². The van der Waals surface area contributed by atoms with Crippen LogP contribution in [0.1, 0.15) is 24.7 Å². The largest absolute Gasteiger partial charge is 0.324 e. The first-order valence-electron chi connectivity index (χ1n) is 5.60. The number of benzene rings is 1. The smallest absolute Gasteiger partial charge is 0.124 e. The van der Waals surface area contributed by atoms with Crippen molar-refractivity contribution in [1.29, 1.82) is 0 Å². The van der Waals surface area contributed by atoms with Gasteiger partial charge in [0, 0.05) is 10.5 Å². The van der Waals surface area contributed by atoms with Crippen LogP contribution in [0.25, 0.3) is 11.0 Å². The molecule has 4 heteroatoms. The molecule has 84 valence electrons. The van der Waals surface area contributed by atoms with Gasteiger partial charge in [0.05, 0.1) is 17.6 Å². The van der Waals surface area contributed by atoms with Gasteiger partial charge in [-0.1, -0.05) is 15.9 Å². The third kappa shape index (κ3) is 1.66. The van der Waals surface area contributed by atoms with Crippen LogP contribution in [0, 0.1) is 0 Å². The molecule has 1 aliphatic rings. The summed E-state index contributed by atoms with van der Waals surface area (Å²) in [5, 5.41) is 3.19. The van der Waals surface area contributed by atoms with Crippen molar-refractivity contribution in [3.63, 3.8) is 0 Å². The molecule has 1 aliphatic carbocycles. The summed E-state index contributed by atoms with van der Waals surface area (Å²) >= 11 is 3.49. The molecule has 3 rings (SSSR count). The van der Waals surface area contributed by atoms with Crippen molar-refractivity contribution in [1.82, 2.24) is 14.9 Å². The van der Waals surface area contributed by atoms with Gasteiger partial charge in [0.15, 0.2) is 0 Å². The first-order chi connectivity index (χ1) is 7.79. The highest BCUT2D eigenvalue weighted by Crippen LogP contribution is 2.39. The standard InChI is InChI=1S/C12H14BrN3/c1-14-7-12-15-10-6-8(13)2-5-11(10)16(12)9-3-4-9/h2,5-6,9,14H,3-4,7H2,1H3. The Labute approximate surface area is 103 Å². The van der Waals surface area contributed by atoms with Crippen LogP contribution >= 0.6 is 15.9 Å². The second kappa shape index (κ2) is 3.86. The van der Waals surface area contributed by atoms with E-state index in [0.29, 0.717) is 6.04 Å². The Hall–Kier alpha value is -0.870. The van der Waals surface area contributed by atoms with Gasteiger partial charge in [-0.25, -0.2) is 4.98 Å². The summed E-state index contributed by atoms with van der Waals surface area (Å²) in [6.07, 6.45) is 2.58. The van der Waals surface area contributed by atoms with E-state index in [4.69, 9.17) is 4.98 Å². The fraction of sp³-hybridized carbons (Fsp3) is 0.417. The number of rotatable bonds is 3. The number of fused-ring (bicyclic) bond motifs is 1. The fourth-order valence-electron chi connectivity index (χ4n) is 2.14. The maximum Gasteiger partial charge on any atom is 0.124 e. The van der Waals surface area contributed by atoms with Gasteiger partial charge in [0.1, 0.15) is 5.82 Å². The molecule has 2 aromatic rings. The molecular weight excluding hydrogens is 266 g/mol. The van der Waals surface area contributed by atoms with Crippen LogP contribution in [0.5, 0.6) is 0 Å². The molecule has 16 heavy (non-hydrogen) atoms. The molecule has 3 nitrogen and oxygen atoms in total. The first kappa shape index (κ1) is 10.3. The number of nitrogens with zero attached hydrogens (tertiary/aromatic N) is 2. The van der Waals surface area contributed by atoms with E-state index < -0.39 is 0 Å². The maximum atomic E-state index is 4.69. The first-order valence-corrected chi connectivity index (χ1v) is 6.40. The molecule has 0 saturated heterocycles. The Bertz CT molecular complexity index is 528. The van der Waals surface area contributed by atoms with Crippen LogP contribution in [-0.2, 0) is 6.54 Å². The lowest BCUT2D eigenvalue weighted by atomic mass is 10.3. The highest BCUT2D eigenvalue weighted by Gasteiger charge is 2.27. The van der Waals surface area contributed by atoms with E-state index in [2.05, 4.69) is 44.0 Å². The zero-order chi connectivity index (χ0) is 11.1. The molecule has 1 saturated carbocycles. The van der Waals surface area contributed by atoms with E-state index in [9.17, 15) is 0 Å². The zero-order valence-corrected chi connectivity index (χ0v) is 10.8. The molecular formula is C12H14BrN3. The summed E-state index contributed by atoms with van der Waals surface area (Å²) in [6, 6.07) is 7.01. The summed E-state index contributed by atoms with van der Waals surface area (Å²) in [4.78, 5) is 4.69. The van der Waals surface area contributed by atoms with Crippen molar-refractivity contribution in [2.45, 2.75) is 25.4 Å². The third-order valence-corrected chi connectivity index (χ3v) is 3.46. The SMILES string of the molecule is CNCc1nc2cc(Br)ccc2n1C1CC1. The van der Waals surface area contributed by atoms with Gasteiger partial charge in [-0.05, 0) is 38.1 Å². The minimum absolute atomic E-state index is 0.675. The van der Waals surface area contributed by atoms with Crippen molar-refractivity contribution < 1.29 is 0 Å². The summed E-state index contributed by atoms with van der Waals surface area (Å²) in [5.74, 6) is 1.15. The maximum absolute atomic E-state index is 4.69. The second-order valence-electron chi connectivity index (χ2n) is 4.29. The molecule has 0 bridgehead atoms. The Morgan fingerprint density at radius 3 is 3.00 bits per heavy atom. The normalized spacial score (nSPS) is 15.9. The highest BCUT2D eigenvalue weighted by molar-refractivity contribution is 9.10. The highest BCUT2D eigenvalue weighted by atomic mass is 79.9. The summed E-state index contributed by atoms with van der Waals surface area (Å²) < 4.78 is 3.48.